The van der Waals surface area contributed by atoms with Crippen molar-refractivity contribution in [2.45, 2.75) is 44.9 Å². The van der Waals surface area contributed by atoms with E-state index in [0.717, 1.165) is 12.8 Å². The maximum Gasteiger partial charge on any atom is 0.272 e. The largest absolute Gasteiger partial charge is 0.506 e. The zero-order chi connectivity index (χ0) is 21.3. The van der Waals surface area contributed by atoms with Crippen molar-refractivity contribution in [3.63, 3.8) is 0 Å². The van der Waals surface area contributed by atoms with Gasteiger partial charge in [-0.1, -0.05) is 6.92 Å². The number of aromatic amines is 1. The number of ketones is 1. The molecule has 1 fully saturated rings. The maximum absolute atomic E-state index is 12.8. The fraction of sp³-hybridized carbons (Fsp3) is 0.400. The molecule has 0 radical (unpaired) electrons. The van der Waals surface area contributed by atoms with Crippen LogP contribution in [0.4, 0.5) is 5.69 Å². The fourth-order valence-corrected chi connectivity index (χ4v) is 5.28. The van der Waals surface area contributed by atoms with Crippen molar-refractivity contribution in [2.75, 3.05) is 18.4 Å². The van der Waals surface area contributed by atoms with Crippen LogP contribution in [0.5, 0.6) is 5.75 Å². The van der Waals surface area contributed by atoms with E-state index in [1.54, 1.807) is 6.92 Å². The molecule has 0 saturated carbocycles. The number of phenols is 1. The predicted molar refractivity (Wildman–Crippen MR) is 109 cm³/mol. The molecule has 0 unspecified atom stereocenters. The lowest BCUT2D eigenvalue weighted by atomic mass is 10.0. The van der Waals surface area contributed by atoms with Crippen LogP contribution in [0, 0.1) is 6.92 Å². The van der Waals surface area contributed by atoms with Gasteiger partial charge in [-0.2, -0.15) is 4.31 Å². The number of aromatic nitrogens is 1. The summed E-state index contributed by atoms with van der Waals surface area (Å²) in [6.07, 6.45) is 2.09. The third-order valence-corrected chi connectivity index (χ3v) is 7.04. The summed E-state index contributed by atoms with van der Waals surface area (Å²) in [7, 11) is -3.69. The Morgan fingerprint density at radius 2 is 1.90 bits per heavy atom. The Morgan fingerprint density at radius 1 is 1.24 bits per heavy atom. The van der Waals surface area contributed by atoms with Crippen LogP contribution in [-0.4, -0.2) is 47.6 Å². The molecule has 1 aliphatic heterocycles. The number of anilines is 1. The highest BCUT2D eigenvalue weighted by molar-refractivity contribution is 7.89. The Labute approximate surface area is 170 Å². The van der Waals surface area contributed by atoms with Crippen LogP contribution in [0.15, 0.2) is 23.1 Å². The van der Waals surface area contributed by atoms with Gasteiger partial charge in [0.15, 0.2) is 5.78 Å². The summed E-state index contributed by atoms with van der Waals surface area (Å²) in [5.41, 5.74) is 1.88. The van der Waals surface area contributed by atoms with E-state index in [1.165, 1.54) is 29.4 Å². The average Bonchev–Trinajstić information content (AvgIpc) is 3.31. The van der Waals surface area contributed by atoms with Crippen molar-refractivity contribution < 1.29 is 23.1 Å². The van der Waals surface area contributed by atoms with Crippen LogP contribution in [0.25, 0.3) is 0 Å². The summed E-state index contributed by atoms with van der Waals surface area (Å²) < 4.78 is 26.9. The highest BCUT2D eigenvalue weighted by Gasteiger charge is 2.28. The molecule has 1 aliphatic rings. The number of Topliss-reactive ketones (excluding diaryl/α,β-unsaturated/α-hetero) is 1. The molecule has 8 nitrogen and oxygen atoms in total. The van der Waals surface area contributed by atoms with Crippen molar-refractivity contribution >= 4 is 27.4 Å². The standard InChI is InChI=1S/C20H25N3O5S/c1-4-15-18(13(3)24)12(2)21-19(15)20(26)22-16-11-14(7-8-17(16)25)29(27,28)23-9-5-6-10-23/h7-8,11,21,25H,4-6,9-10H2,1-3H3,(H,22,26). The topological polar surface area (TPSA) is 120 Å². The SMILES string of the molecule is CCc1c(C(=O)Nc2cc(S(=O)(=O)N3CCCC3)ccc2O)[nH]c(C)c1C(C)=O. The molecule has 156 valence electrons. The number of carbonyl (C=O) groups is 2. The number of phenolic OH excluding ortho intramolecular Hbond substituents is 1. The van der Waals surface area contributed by atoms with Crippen molar-refractivity contribution in [1.82, 2.24) is 9.29 Å². The third-order valence-electron chi connectivity index (χ3n) is 5.14. The number of rotatable bonds is 6. The van der Waals surface area contributed by atoms with E-state index in [4.69, 9.17) is 0 Å². The number of nitrogens with one attached hydrogen (secondary N) is 2. The number of amides is 1. The number of hydrogen-bond acceptors (Lipinski definition) is 5. The monoisotopic (exact) mass is 419 g/mol. The van der Waals surface area contributed by atoms with E-state index in [1.807, 2.05) is 6.92 Å². The predicted octanol–water partition coefficient (Wildman–Crippen LogP) is 2.83. The van der Waals surface area contributed by atoms with E-state index in [9.17, 15) is 23.1 Å². The first kappa shape index (κ1) is 21.1. The van der Waals surface area contributed by atoms with Gasteiger partial charge in [0, 0.05) is 24.3 Å². The van der Waals surface area contributed by atoms with Crippen molar-refractivity contribution in [3.05, 3.63) is 40.7 Å². The normalized spacial score (nSPS) is 14.9. The molecular formula is C20H25N3O5S. The second kappa shape index (κ2) is 8.00. The maximum atomic E-state index is 12.8. The molecule has 3 rings (SSSR count). The minimum atomic E-state index is -3.69. The van der Waals surface area contributed by atoms with Gasteiger partial charge in [-0.05, 0) is 56.9 Å². The highest BCUT2D eigenvalue weighted by atomic mass is 32.2. The van der Waals surface area contributed by atoms with Gasteiger partial charge in [-0.15, -0.1) is 0 Å². The molecule has 3 N–H and O–H groups in total. The molecule has 1 saturated heterocycles. The van der Waals surface area contributed by atoms with E-state index in [2.05, 4.69) is 10.3 Å². The molecule has 9 heteroatoms. The third kappa shape index (κ3) is 3.92. The minimum absolute atomic E-state index is 0.00560. The molecule has 1 amide bonds. The zero-order valence-electron chi connectivity index (χ0n) is 16.7. The Morgan fingerprint density at radius 3 is 2.48 bits per heavy atom. The Hall–Kier alpha value is -2.65. The number of sulfonamides is 1. The molecule has 0 spiro atoms. The van der Waals surface area contributed by atoms with Crippen LogP contribution in [0.3, 0.4) is 0 Å². The van der Waals surface area contributed by atoms with Gasteiger partial charge in [-0.3, -0.25) is 9.59 Å². The molecule has 29 heavy (non-hydrogen) atoms. The van der Waals surface area contributed by atoms with E-state index in [-0.39, 0.29) is 27.8 Å². The van der Waals surface area contributed by atoms with E-state index >= 15 is 0 Å². The summed E-state index contributed by atoms with van der Waals surface area (Å²) in [4.78, 5) is 27.7. The number of carbonyl (C=O) groups excluding carboxylic acids is 2. The van der Waals surface area contributed by atoms with Crippen LogP contribution in [0.1, 0.15) is 58.8 Å². The highest BCUT2D eigenvalue weighted by Crippen LogP contribution is 2.30. The fourth-order valence-electron chi connectivity index (χ4n) is 3.74. The summed E-state index contributed by atoms with van der Waals surface area (Å²) >= 11 is 0. The molecule has 1 aromatic heterocycles. The van der Waals surface area contributed by atoms with E-state index < -0.39 is 15.9 Å². The number of nitrogens with zero attached hydrogens (tertiary/aromatic N) is 1. The summed E-state index contributed by atoms with van der Waals surface area (Å²) in [6.45, 7) is 5.91. The second-order valence-corrected chi connectivity index (χ2v) is 9.07. The van der Waals surface area contributed by atoms with Crippen molar-refractivity contribution in [1.29, 1.82) is 0 Å². The molecule has 1 aromatic carbocycles. The molecule has 0 aliphatic carbocycles. The second-order valence-electron chi connectivity index (χ2n) is 7.13. The van der Waals surface area contributed by atoms with Gasteiger partial charge < -0.3 is 15.4 Å². The number of H-pyrrole nitrogens is 1. The van der Waals surface area contributed by atoms with Gasteiger partial charge in [0.2, 0.25) is 10.0 Å². The van der Waals surface area contributed by atoms with Gasteiger partial charge in [-0.25, -0.2) is 8.42 Å². The molecule has 0 atom stereocenters. The lowest BCUT2D eigenvalue weighted by Crippen LogP contribution is -2.28. The number of hydrogen-bond donors (Lipinski definition) is 3. The van der Waals surface area contributed by atoms with Crippen LogP contribution in [-0.2, 0) is 16.4 Å². The van der Waals surface area contributed by atoms with Crippen LogP contribution < -0.4 is 5.32 Å². The Bertz CT molecular complexity index is 1070. The molecule has 2 heterocycles. The van der Waals surface area contributed by atoms with Crippen molar-refractivity contribution in [2.24, 2.45) is 0 Å². The first-order valence-electron chi connectivity index (χ1n) is 9.53. The number of aromatic hydroxyl groups is 1. The molecule has 0 bridgehead atoms. The first-order valence-corrected chi connectivity index (χ1v) is 11.0. The quantitative estimate of drug-likeness (QED) is 0.491. The van der Waals surface area contributed by atoms with Gasteiger partial charge >= 0.3 is 0 Å². The average molecular weight is 420 g/mol. The number of benzene rings is 1. The molecule has 2 aromatic rings. The lowest BCUT2D eigenvalue weighted by molar-refractivity contribution is 0.101. The van der Waals surface area contributed by atoms with Crippen LogP contribution in [0.2, 0.25) is 0 Å². The zero-order valence-corrected chi connectivity index (χ0v) is 17.5. The van der Waals surface area contributed by atoms with Gasteiger partial charge in [0.25, 0.3) is 5.91 Å². The smallest absolute Gasteiger partial charge is 0.272 e. The summed E-state index contributed by atoms with van der Waals surface area (Å²) in [5.74, 6) is -0.938. The van der Waals surface area contributed by atoms with Gasteiger partial charge in [0.1, 0.15) is 11.4 Å². The van der Waals surface area contributed by atoms with Gasteiger partial charge in [0.05, 0.1) is 10.6 Å². The minimum Gasteiger partial charge on any atom is -0.506 e. The van der Waals surface area contributed by atoms with Crippen molar-refractivity contribution in [3.8, 4) is 5.75 Å². The lowest BCUT2D eigenvalue weighted by Gasteiger charge is -2.16. The Balaban J connectivity index is 1.94. The number of aryl methyl sites for hydroxylation is 1. The molecular weight excluding hydrogens is 394 g/mol. The summed E-state index contributed by atoms with van der Waals surface area (Å²) in [6, 6.07) is 3.83. The van der Waals surface area contributed by atoms with Crippen LogP contribution >= 0.6 is 0 Å². The first-order chi connectivity index (χ1) is 13.7. The van der Waals surface area contributed by atoms with E-state index in [0.29, 0.717) is 36.3 Å². The Kier molecular flexibility index (Phi) is 5.81. The summed E-state index contributed by atoms with van der Waals surface area (Å²) in [5, 5.41) is 12.7.